The van der Waals surface area contributed by atoms with Gasteiger partial charge in [0.05, 0.1) is 6.42 Å². The van der Waals surface area contributed by atoms with Gasteiger partial charge in [0.2, 0.25) is 5.91 Å². The number of para-hydroxylation sites is 1. The number of carbonyl (C=O) groups is 2. The van der Waals surface area contributed by atoms with Crippen LogP contribution in [0, 0.1) is 0 Å². The van der Waals surface area contributed by atoms with E-state index in [4.69, 9.17) is 0 Å². The summed E-state index contributed by atoms with van der Waals surface area (Å²) in [5.74, 6) is -0.281. The Kier molecular flexibility index (Phi) is 4.17. The second-order valence-corrected chi connectivity index (χ2v) is 6.64. The molecule has 4 nitrogen and oxygen atoms in total. The smallest absolute Gasteiger partial charge is 0.256 e. The molecule has 1 aliphatic rings. The molecule has 0 atom stereocenters. The molecular weight excluding hydrogens is 324 g/mol. The maximum atomic E-state index is 12.7. The molecule has 4 rings (SSSR count). The number of hydrogen-bond acceptors (Lipinski definition) is 2. The number of benzene rings is 2. The molecule has 130 valence electrons. The maximum absolute atomic E-state index is 12.7. The van der Waals surface area contributed by atoms with Crippen LogP contribution >= 0.6 is 0 Å². The Labute approximate surface area is 152 Å². The summed E-state index contributed by atoms with van der Waals surface area (Å²) < 4.78 is 2.04. The largest absolute Gasteiger partial charge is 0.350 e. The van der Waals surface area contributed by atoms with Crippen LogP contribution in [0.3, 0.4) is 0 Å². The summed E-state index contributed by atoms with van der Waals surface area (Å²) in [4.78, 5) is 26.4. The van der Waals surface area contributed by atoms with E-state index in [1.54, 1.807) is 0 Å². The van der Waals surface area contributed by atoms with Crippen LogP contribution in [0.4, 0.5) is 0 Å². The summed E-state index contributed by atoms with van der Waals surface area (Å²) in [6.07, 6.45) is 4.73. The minimum absolute atomic E-state index is 0.114. The van der Waals surface area contributed by atoms with Gasteiger partial charge in [0.25, 0.3) is 5.91 Å². The third-order valence-corrected chi connectivity index (χ3v) is 4.89. The highest BCUT2D eigenvalue weighted by molar-refractivity contribution is 6.16. The number of carbonyl (C=O) groups excluding carboxylic acids is 2. The van der Waals surface area contributed by atoms with Crippen LogP contribution in [0.1, 0.15) is 17.5 Å². The van der Waals surface area contributed by atoms with Gasteiger partial charge in [-0.25, -0.2) is 0 Å². The summed E-state index contributed by atoms with van der Waals surface area (Å²) in [6, 6.07) is 18.0. The quantitative estimate of drug-likeness (QED) is 0.536. The number of likely N-dealkylation sites (tertiary alicyclic amines) is 1. The van der Waals surface area contributed by atoms with E-state index in [1.165, 1.54) is 4.90 Å². The van der Waals surface area contributed by atoms with Crippen LogP contribution in [-0.2, 0) is 23.1 Å². The minimum Gasteiger partial charge on any atom is -0.350 e. The fourth-order valence-corrected chi connectivity index (χ4v) is 3.52. The molecule has 4 heteroatoms. The number of amides is 2. The van der Waals surface area contributed by atoms with Gasteiger partial charge in [0, 0.05) is 41.8 Å². The molecule has 0 saturated carbocycles. The van der Waals surface area contributed by atoms with Crippen molar-refractivity contribution in [1.29, 1.82) is 0 Å². The van der Waals surface area contributed by atoms with Crippen molar-refractivity contribution in [1.82, 2.24) is 9.47 Å². The first kappa shape index (κ1) is 16.3. The SMILES string of the molecule is Cn1cc(/C=C2/CC(=O)N(CCc3ccccc3)C2=O)c2ccccc21. The first-order valence-electron chi connectivity index (χ1n) is 8.77. The first-order chi connectivity index (χ1) is 12.6. The van der Waals surface area contributed by atoms with Crippen LogP contribution in [-0.4, -0.2) is 27.8 Å². The van der Waals surface area contributed by atoms with Gasteiger partial charge in [-0.1, -0.05) is 48.5 Å². The Morgan fingerprint density at radius 3 is 2.54 bits per heavy atom. The third-order valence-electron chi connectivity index (χ3n) is 4.89. The summed E-state index contributed by atoms with van der Waals surface area (Å²) in [5.41, 5.74) is 3.78. The highest BCUT2D eigenvalue weighted by Crippen LogP contribution is 2.27. The number of nitrogens with zero attached hydrogens (tertiary/aromatic N) is 2. The third kappa shape index (κ3) is 2.94. The zero-order chi connectivity index (χ0) is 18.1. The average molecular weight is 344 g/mol. The lowest BCUT2D eigenvalue weighted by Crippen LogP contribution is -2.31. The fraction of sp³-hybridized carbons (Fsp3) is 0.182. The van der Waals surface area contributed by atoms with E-state index in [0.29, 0.717) is 18.5 Å². The molecule has 3 aromatic rings. The minimum atomic E-state index is -0.168. The number of aromatic nitrogens is 1. The Balaban J connectivity index is 1.57. The lowest BCUT2D eigenvalue weighted by atomic mass is 10.1. The molecule has 0 N–H and O–H groups in total. The van der Waals surface area contributed by atoms with Crippen molar-refractivity contribution >= 4 is 28.8 Å². The Hall–Kier alpha value is -3.14. The summed E-state index contributed by atoms with van der Waals surface area (Å²) in [7, 11) is 1.98. The number of hydrogen-bond donors (Lipinski definition) is 0. The summed E-state index contributed by atoms with van der Waals surface area (Å²) in [5, 5.41) is 1.09. The van der Waals surface area contributed by atoms with Gasteiger partial charge in [-0.2, -0.15) is 0 Å². The van der Waals surface area contributed by atoms with Gasteiger partial charge in [0.15, 0.2) is 0 Å². The zero-order valence-corrected chi connectivity index (χ0v) is 14.7. The molecule has 0 radical (unpaired) electrons. The van der Waals surface area contributed by atoms with Crippen molar-refractivity contribution in [3.05, 3.63) is 77.5 Å². The van der Waals surface area contributed by atoms with Crippen molar-refractivity contribution in [2.45, 2.75) is 12.8 Å². The van der Waals surface area contributed by atoms with E-state index in [2.05, 4.69) is 0 Å². The van der Waals surface area contributed by atoms with Gasteiger partial charge in [-0.3, -0.25) is 14.5 Å². The molecule has 2 amide bonds. The molecule has 0 aliphatic carbocycles. The van der Waals surface area contributed by atoms with E-state index < -0.39 is 0 Å². The van der Waals surface area contributed by atoms with E-state index in [-0.39, 0.29) is 18.2 Å². The second kappa shape index (κ2) is 6.64. The number of fused-ring (bicyclic) bond motifs is 1. The highest BCUT2D eigenvalue weighted by Gasteiger charge is 2.33. The molecule has 1 saturated heterocycles. The van der Waals surface area contributed by atoms with Gasteiger partial charge in [-0.05, 0) is 24.1 Å². The lowest BCUT2D eigenvalue weighted by molar-refractivity contribution is -0.137. The first-order valence-corrected chi connectivity index (χ1v) is 8.77. The second-order valence-electron chi connectivity index (χ2n) is 6.64. The maximum Gasteiger partial charge on any atom is 0.256 e. The van der Waals surface area contributed by atoms with Crippen molar-refractivity contribution in [2.24, 2.45) is 7.05 Å². The van der Waals surface area contributed by atoms with E-state index >= 15 is 0 Å². The van der Waals surface area contributed by atoms with Gasteiger partial charge in [0.1, 0.15) is 0 Å². The molecule has 1 aliphatic heterocycles. The highest BCUT2D eigenvalue weighted by atomic mass is 16.2. The standard InChI is InChI=1S/C22H20N2O2/c1-23-15-18(19-9-5-6-10-20(19)23)13-17-14-21(25)24(22(17)26)12-11-16-7-3-2-4-8-16/h2-10,13,15H,11-12,14H2,1H3/b17-13-. The predicted octanol–water partition coefficient (Wildman–Crippen LogP) is 3.56. The van der Waals surface area contributed by atoms with Crippen molar-refractivity contribution < 1.29 is 9.59 Å². The molecule has 0 unspecified atom stereocenters. The molecule has 26 heavy (non-hydrogen) atoms. The monoisotopic (exact) mass is 344 g/mol. The lowest BCUT2D eigenvalue weighted by Gasteiger charge is -2.13. The Morgan fingerprint density at radius 1 is 1.00 bits per heavy atom. The molecule has 1 fully saturated rings. The summed E-state index contributed by atoms with van der Waals surface area (Å²) >= 11 is 0. The molecule has 0 spiro atoms. The van der Waals surface area contributed by atoms with Crippen molar-refractivity contribution in [3.63, 3.8) is 0 Å². The average Bonchev–Trinajstić information content (AvgIpc) is 3.11. The molecule has 1 aromatic heterocycles. The van der Waals surface area contributed by atoms with Gasteiger partial charge in [-0.15, -0.1) is 0 Å². The number of rotatable bonds is 4. The normalized spacial score (nSPS) is 16.2. The van der Waals surface area contributed by atoms with Crippen molar-refractivity contribution in [2.75, 3.05) is 6.54 Å². The zero-order valence-electron chi connectivity index (χ0n) is 14.7. The summed E-state index contributed by atoms with van der Waals surface area (Å²) in [6.45, 7) is 0.425. The van der Waals surface area contributed by atoms with Crippen LogP contribution < -0.4 is 0 Å². The van der Waals surface area contributed by atoms with Crippen molar-refractivity contribution in [3.8, 4) is 0 Å². The number of aryl methyl sites for hydroxylation is 1. The topological polar surface area (TPSA) is 42.3 Å². The van der Waals surface area contributed by atoms with Crippen LogP contribution in [0.2, 0.25) is 0 Å². The Morgan fingerprint density at radius 2 is 1.73 bits per heavy atom. The van der Waals surface area contributed by atoms with Gasteiger partial charge >= 0.3 is 0 Å². The fourth-order valence-electron chi connectivity index (χ4n) is 3.52. The molecular formula is C22H20N2O2. The van der Waals surface area contributed by atoms with Crippen LogP contribution in [0.15, 0.2) is 66.4 Å². The number of imide groups is 1. The predicted molar refractivity (Wildman–Crippen MR) is 102 cm³/mol. The molecule has 2 heterocycles. The van der Waals surface area contributed by atoms with E-state index in [9.17, 15) is 9.59 Å². The van der Waals surface area contributed by atoms with Crippen LogP contribution in [0.25, 0.3) is 17.0 Å². The molecule has 0 bridgehead atoms. The Bertz CT molecular complexity index is 1020. The molecule has 2 aromatic carbocycles. The van der Waals surface area contributed by atoms with Gasteiger partial charge < -0.3 is 4.57 Å². The van der Waals surface area contributed by atoms with E-state index in [1.807, 2.05) is 78.5 Å². The van der Waals surface area contributed by atoms with Crippen LogP contribution in [0.5, 0.6) is 0 Å². The van der Waals surface area contributed by atoms with E-state index in [0.717, 1.165) is 22.0 Å².